The van der Waals surface area contributed by atoms with Gasteiger partial charge in [0.05, 0.1) is 16.0 Å². The van der Waals surface area contributed by atoms with Gasteiger partial charge in [0.15, 0.2) is 0 Å². The average molecular weight is 579 g/mol. The highest BCUT2D eigenvalue weighted by atomic mass is 35.5. The highest BCUT2D eigenvalue weighted by Crippen LogP contribution is 2.29. The summed E-state index contributed by atoms with van der Waals surface area (Å²) in [5, 5.41) is 14.2. The molecule has 0 saturated heterocycles. The highest BCUT2D eigenvalue weighted by Gasteiger charge is 2.31. The molecule has 3 aromatic carbocycles. The van der Waals surface area contributed by atoms with Gasteiger partial charge < -0.3 is 21.1 Å². The normalized spacial score (nSPS) is 11.8. The van der Waals surface area contributed by atoms with Crippen molar-refractivity contribution in [3.05, 3.63) is 99.5 Å². The summed E-state index contributed by atoms with van der Waals surface area (Å²) in [5.41, 5.74) is 7.18. The molecule has 7 nitrogen and oxygen atoms in total. The topological polar surface area (TPSA) is 117 Å². The molecule has 12 heteroatoms. The number of alkyl halides is 3. The number of halogens is 5. The van der Waals surface area contributed by atoms with Gasteiger partial charge in [-0.2, -0.15) is 0 Å². The molecule has 0 aliphatic rings. The predicted octanol–water partition coefficient (Wildman–Crippen LogP) is 6.36. The van der Waals surface area contributed by atoms with Crippen molar-refractivity contribution in [2.45, 2.75) is 18.7 Å². The zero-order chi connectivity index (χ0) is 28.7. The van der Waals surface area contributed by atoms with E-state index >= 15 is 0 Å². The molecule has 204 valence electrons. The van der Waals surface area contributed by atoms with Crippen molar-refractivity contribution < 1.29 is 27.5 Å². The minimum absolute atomic E-state index is 0.155. The molecule has 5 N–H and O–H groups in total. The quantitative estimate of drug-likeness (QED) is 0.174. The van der Waals surface area contributed by atoms with Gasteiger partial charge >= 0.3 is 6.36 Å². The molecule has 0 aliphatic carbocycles. The second kappa shape index (κ2) is 12.8. The molecule has 0 aromatic heterocycles. The van der Waals surface area contributed by atoms with E-state index in [0.29, 0.717) is 33.3 Å². The Bertz CT molecular complexity index is 1410. The first-order valence-electron chi connectivity index (χ1n) is 11.4. The Hall–Kier alpha value is -3.86. The molecule has 2 amide bonds. The van der Waals surface area contributed by atoms with Crippen LogP contribution in [0.3, 0.4) is 0 Å². The van der Waals surface area contributed by atoms with Crippen molar-refractivity contribution in [3.8, 4) is 5.75 Å². The van der Waals surface area contributed by atoms with Crippen molar-refractivity contribution in [1.29, 1.82) is 5.41 Å². The Balaban J connectivity index is 1.81. The van der Waals surface area contributed by atoms with Gasteiger partial charge in [0.1, 0.15) is 11.6 Å². The van der Waals surface area contributed by atoms with E-state index in [-0.39, 0.29) is 29.4 Å². The minimum Gasteiger partial charge on any atom is -0.406 e. The lowest BCUT2D eigenvalue weighted by Crippen LogP contribution is -2.31. The molecule has 0 fully saturated rings. The number of anilines is 1. The Morgan fingerprint density at radius 1 is 1.08 bits per heavy atom. The molecule has 39 heavy (non-hydrogen) atoms. The number of rotatable bonds is 9. The first kappa shape index (κ1) is 29.7. The van der Waals surface area contributed by atoms with Gasteiger partial charge in [-0.05, 0) is 66.6 Å². The summed E-state index contributed by atoms with van der Waals surface area (Å²) in [6, 6.07) is 14.0. The van der Waals surface area contributed by atoms with Gasteiger partial charge in [-0.3, -0.25) is 15.0 Å². The van der Waals surface area contributed by atoms with Crippen LogP contribution in [0.25, 0.3) is 6.08 Å². The maximum atomic E-state index is 13.2. The third-order valence-electron chi connectivity index (χ3n) is 5.50. The van der Waals surface area contributed by atoms with Gasteiger partial charge in [-0.15, -0.1) is 13.2 Å². The predicted molar refractivity (Wildman–Crippen MR) is 145 cm³/mol. The van der Waals surface area contributed by atoms with Crippen LogP contribution >= 0.6 is 23.2 Å². The molecule has 0 aliphatic heterocycles. The lowest BCUT2D eigenvalue weighted by molar-refractivity contribution is -0.274. The van der Waals surface area contributed by atoms with E-state index in [2.05, 4.69) is 21.9 Å². The third kappa shape index (κ3) is 8.06. The Morgan fingerprint density at radius 2 is 1.82 bits per heavy atom. The Morgan fingerprint density at radius 3 is 2.46 bits per heavy atom. The number of hydrogen-bond acceptors (Lipinski definition) is 5. The minimum atomic E-state index is -4.92. The van der Waals surface area contributed by atoms with Gasteiger partial charge in [0.25, 0.3) is 5.91 Å². The van der Waals surface area contributed by atoms with Crippen LogP contribution in [0, 0.1) is 5.41 Å². The van der Waals surface area contributed by atoms with Crippen LogP contribution in [-0.4, -0.2) is 30.6 Å². The number of ether oxygens (including phenoxy) is 1. The van der Waals surface area contributed by atoms with E-state index in [0.717, 1.165) is 12.1 Å². The van der Waals surface area contributed by atoms with E-state index in [1.807, 2.05) is 0 Å². The standard InChI is InChI=1S/C27H23Cl2F3N4O3/c1-2-15-6-8-18(35-26(38)20(10-11-33)16-7-9-22(28)23(29)13-16)14-21(15)24(34)36-25(37)17-4-3-5-19(12-17)39-27(30,31)32/h2-9,12-14,20H,1,10-11,33H2,(H,35,38)(H2,34,36,37). The SMILES string of the molecule is C=Cc1ccc(NC(=O)C(CCN)c2ccc(Cl)c(Cl)c2)cc1C(=N)NC(=O)c1cccc(OC(F)(F)F)c1. The van der Waals surface area contributed by atoms with Crippen LogP contribution in [-0.2, 0) is 4.79 Å². The maximum absolute atomic E-state index is 13.2. The van der Waals surface area contributed by atoms with Crippen molar-refractivity contribution in [3.63, 3.8) is 0 Å². The molecule has 0 saturated carbocycles. The highest BCUT2D eigenvalue weighted by molar-refractivity contribution is 6.42. The summed E-state index contributed by atoms with van der Waals surface area (Å²) in [6.45, 7) is 3.93. The summed E-state index contributed by atoms with van der Waals surface area (Å²) in [5.74, 6) is -2.80. The molecule has 1 unspecified atom stereocenters. The summed E-state index contributed by atoms with van der Waals surface area (Å²) >= 11 is 12.1. The Kier molecular flexibility index (Phi) is 9.74. The Labute approximate surface area is 232 Å². The number of nitrogens with one attached hydrogen (secondary N) is 3. The second-order valence-electron chi connectivity index (χ2n) is 8.20. The van der Waals surface area contributed by atoms with Crippen LogP contribution in [0.5, 0.6) is 5.75 Å². The fourth-order valence-electron chi connectivity index (χ4n) is 3.69. The molecule has 0 radical (unpaired) electrons. The van der Waals surface area contributed by atoms with E-state index in [9.17, 15) is 22.8 Å². The van der Waals surface area contributed by atoms with E-state index in [1.165, 1.54) is 24.3 Å². The largest absolute Gasteiger partial charge is 0.573 e. The van der Waals surface area contributed by atoms with Crippen molar-refractivity contribution in [1.82, 2.24) is 5.32 Å². The number of nitrogens with two attached hydrogens (primary N) is 1. The van der Waals surface area contributed by atoms with Crippen LogP contribution in [0.15, 0.2) is 67.2 Å². The number of amides is 2. The summed E-state index contributed by atoms with van der Waals surface area (Å²) in [4.78, 5) is 25.8. The van der Waals surface area contributed by atoms with Crippen LogP contribution in [0.4, 0.5) is 18.9 Å². The zero-order valence-electron chi connectivity index (χ0n) is 20.2. The van der Waals surface area contributed by atoms with Crippen molar-refractivity contribution in [2.75, 3.05) is 11.9 Å². The molecular weight excluding hydrogens is 556 g/mol. The van der Waals surface area contributed by atoms with Crippen molar-refractivity contribution >= 4 is 52.6 Å². The van der Waals surface area contributed by atoms with Gasteiger partial charge in [0, 0.05) is 16.8 Å². The molecule has 1 atom stereocenters. The average Bonchev–Trinajstić information content (AvgIpc) is 2.88. The van der Waals surface area contributed by atoms with Crippen molar-refractivity contribution in [2.24, 2.45) is 5.73 Å². The van der Waals surface area contributed by atoms with E-state index in [4.69, 9.17) is 34.3 Å². The number of amidine groups is 1. The number of benzene rings is 3. The number of carbonyl (C=O) groups excluding carboxylic acids is 2. The summed E-state index contributed by atoms with van der Waals surface area (Å²) in [7, 11) is 0. The van der Waals surface area contributed by atoms with Crippen LogP contribution < -0.4 is 21.1 Å². The molecule has 0 bridgehead atoms. The number of hydrogen-bond donors (Lipinski definition) is 4. The molecule has 0 spiro atoms. The molecular formula is C27H23Cl2F3N4O3. The van der Waals surface area contributed by atoms with Gasteiger partial charge in [-0.1, -0.05) is 54.1 Å². The zero-order valence-corrected chi connectivity index (χ0v) is 21.8. The fourth-order valence-corrected chi connectivity index (χ4v) is 4.00. The summed E-state index contributed by atoms with van der Waals surface area (Å²) in [6.07, 6.45) is -3.15. The summed E-state index contributed by atoms with van der Waals surface area (Å²) < 4.78 is 41.4. The lowest BCUT2D eigenvalue weighted by atomic mass is 9.94. The number of carbonyl (C=O) groups is 2. The van der Waals surface area contributed by atoms with E-state index < -0.39 is 23.9 Å². The molecule has 3 rings (SSSR count). The molecule has 3 aromatic rings. The van der Waals surface area contributed by atoms with Gasteiger partial charge in [0.2, 0.25) is 5.91 Å². The molecule has 0 heterocycles. The first-order chi connectivity index (χ1) is 18.4. The van der Waals surface area contributed by atoms with E-state index in [1.54, 1.807) is 30.3 Å². The smallest absolute Gasteiger partial charge is 0.406 e. The first-order valence-corrected chi connectivity index (χ1v) is 12.2. The van der Waals surface area contributed by atoms with Gasteiger partial charge in [-0.25, -0.2) is 0 Å². The van der Waals surface area contributed by atoms with Crippen LogP contribution in [0.2, 0.25) is 10.0 Å². The van der Waals surface area contributed by atoms with Crippen LogP contribution in [0.1, 0.15) is 39.4 Å². The monoisotopic (exact) mass is 578 g/mol. The lowest BCUT2D eigenvalue weighted by Gasteiger charge is -2.18. The second-order valence-corrected chi connectivity index (χ2v) is 9.02. The fraction of sp³-hybridized carbons (Fsp3) is 0.148. The maximum Gasteiger partial charge on any atom is 0.573 e. The third-order valence-corrected chi connectivity index (χ3v) is 6.24.